The smallest absolute Gasteiger partial charge is 0.342 e. The molecule has 1 aromatic heterocycles. The molecule has 0 saturated carbocycles. The van der Waals surface area contributed by atoms with E-state index in [-0.39, 0.29) is 12.3 Å². The summed E-state index contributed by atoms with van der Waals surface area (Å²) in [4.78, 5) is 31.2. The molecule has 33 heavy (non-hydrogen) atoms. The SMILES string of the molecule is CCCC(=O)NOC(=O)C(C)(Cc1cc2cc(OC)c(OC)cc2s1)c1ccc(C#N)cc1. The van der Waals surface area contributed by atoms with Gasteiger partial charge in [-0.05, 0) is 48.6 Å². The molecule has 8 heteroatoms. The van der Waals surface area contributed by atoms with E-state index in [0.29, 0.717) is 35.5 Å². The fraction of sp³-hybridized carbons (Fsp3) is 0.320. The van der Waals surface area contributed by atoms with Gasteiger partial charge in [0.1, 0.15) is 0 Å². The molecular weight excluding hydrogens is 440 g/mol. The van der Waals surface area contributed by atoms with Gasteiger partial charge >= 0.3 is 5.97 Å². The van der Waals surface area contributed by atoms with Crippen LogP contribution in [0.3, 0.4) is 0 Å². The van der Waals surface area contributed by atoms with Crippen molar-refractivity contribution >= 4 is 33.3 Å². The number of hydrogen-bond acceptors (Lipinski definition) is 7. The molecule has 0 aliphatic carbocycles. The number of amides is 1. The van der Waals surface area contributed by atoms with Crippen LogP contribution in [0.1, 0.15) is 42.7 Å². The zero-order valence-corrected chi connectivity index (χ0v) is 19.9. The summed E-state index contributed by atoms with van der Waals surface area (Å²) >= 11 is 1.54. The zero-order valence-electron chi connectivity index (χ0n) is 19.1. The van der Waals surface area contributed by atoms with Crippen molar-refractivity contribution in [3.05, 3.63) is 58.5 Å². The lowest BCUT2D eigenvalue weighted by Crippen LogP contribution is -2.40. The highest BCUT2D eigenvalue weighted by atomic mass is 32.1. The van der Waals surface area contributed by atoms with Gasteiger partial charge in [-0.25, -0.2) is 4.79 Å². The van der Waals surface area contributed by atoms with Gasteiger partial charge in [0.15, 0.2) is 11.5 Å². The summed E-state index contributed by atoms with van der Waals surface area (Å²) in [6.45, 7) is 3.64. The van der Waals surface area contributed by atoms with Crippen LogP contribution in [0.2, 0.25) is 0 Å². The first-order chi connectivity index (χ1) is 15.8. The van der Waals surface area contributed by atoms with Crippen LogP contribution in [0.15, 0.2) is 42.5 Å². The zero-order chi connectivity index (χ0) is 24.0. The van der Waals surface area contributed by atoms with Crippen molar-refractivity contribution in [1.82, 2.24) is 5.48 Å². The third-order valence-corrected chi connectivity index (χ3v) is 6.54. The number of carbonyl (C=O) groups is 2. The minimum Gasteiger partial charge on any atom is -0.493 e. The predicted octanol–water partition coefficient (Wildman–Crippen LogP) is 4.67. The molecule has 3 aromatic rings. The van der Waals surface area contributed by atoms with E-state index >= 15 is 0 Å². The van der Waals surface area contributed by atoms with Crippen LogP contribution in [0.25, 0.3) is 10.1 Å². The molecule has 7 nitrogen and oxygen atoms in total. The molecular formula is C25H26N2O5S. The first-order valence-corrected chi connectivity index (χ1v) is 11.3. The fourth-order valence-electron chi connectivity index (χ4n) is 3.56. The number of hydroxylamine groups is 1. The number of benzene rings is 2. The van der Waals surface area contributed by atoms with Gasteiger partial charge in [-0.2, -0.15) is 10.7 Å². The maximum absolute atomic E-state index is 13.2. The molecule has 0 bridgehead atoms. The van der Waals surface area contributed by atoms with Gasteiger partial charge in [0.2, 0.25) is 0 Å². The Labute approximate surface area is 196 Å². The monoisotopic (exact) mass is 466 g/mol. The van der Waals surface area contributed by atoms with Gasteiger partial charge in [-0.15, -0.1) is 11.3 Å². The molecule has 2 aromatic carbocycles. The van der Waals surface area contributed by atoms with Crippen molar-refractivity contribution in [3.63, 3.8) is 0 Å². The van der Waals surface area contributed by atoms with Gasteiger partial charge in [-0.3, -0.25) is 4.79 Å². The number of rotatable bonds is 8. The second kappa shape index (κ2) is 10.4. The molecule has 3 rings (SSSR count). The Hall–Kier alpha value is -3.57. The van der Waals surface area contributed by atoms with E-state index in [0.717, 1.165) is 15.0 Å². The van der Waals surface area contributed by atoms with Crippen LogP contribution in [0, 0.1) is 11.3 Å². The Morgan fingerprint density at radius 3 is 2.36 bits per heavy atom. The van der Waals surface area contributed by atoms with Gasteiger partial charge in [-0.1, -0.05) is 19.1 Å². The van der Waals surface area contributed by atoms with Crippen LogP contribution < -0.4 is 15.0 Å². The van der Waals surface area contributed by atoms with Gasteiger partial charge in [0.05, 0.1) is 31.3 Å². The molecule has 1 amide bonds. The molecule has 1 atom stereocenters. The highest BCUT2D eigenvalue weighted by molar-refractivity contribution is 7.19. The number of thiophene rings is 1. The van der Waals surface area contributed by atoms with Crippen molar-refractivity contribution in [2.24, 2.45) is 0 Å². The summed E-state index contributed by atoms with van der Waals surface area (Å²) in [7, 11) is 3.17. The second-order valence-electron chi connectivity index (χ2n) is 7.82. The summed E-state index contributed by atoms with van der Waals surface area (Å²) in [5.41, 5.74) is 2.34. The number of methoxy groups -OCH3 is 2. The summed E-state index contributed by atoms with van der Waals surface area (Å²) in [6, 6.07) is 14.7. The van der Waals surface area contributed by atoms with Crippen molar-refractivity contribution in [1.29, 1.82) is 5.26 Å². The molecule has 172 valence electrons. The minimum absolute atomic E-state index is 0.265. The largest absolute Gasteiger partial charge is 0.493 e. The first-order valence-electron chi connectivity index (χ1n) is 10.5. The number of ether oxygens (including phenoxy) is 2. The van der Waals surface area contributed by atoms with E-state index in [1.807, 2.05) is 25.1 Å². The Morgan fingerprint density at radius 1 is 1.09 bits per heavy atom. The van der Waals surface area contributed by atoms with Crippen molar-refractivity contribution < 1.29 is 23.9 Å². The molecule has 1 N–H and O–H groups in total. The number of nitriles is 1. The maximum atomic E-state index is 13.2. The minimum atomic E-state index is -1.09. The fourth-order valence-corrected chi connectivity index (χ4v) is 4.79. The van der Waals surface area contributed by atoms with Gasteiger partial charge in [0.25, 0.3) is 5.91 Å². The molecule has 1 unspecified atom stereocenters. The summed E-state index contributed by atoms with van der Waals surface area (Å²) in [5.74, 6) is 0.326. The highest BCUT2D eigenvalue weighted by Gasteiger charge is 2.38. The lowest BCUT2D eigenvalue weighted by Gasteiger charge is -2.27. The summed E-state index contributed by atoms with van der Waals surface area (Å²) in [5, 5.41) is 10.1. The van der Waals surface area contributed by atoms with Crippen LogP contribution in [0.4, 0.5) is 0 Å². The van der Waals surface area contributed by atoms with E-state index in [1.165, 1.54) is 0 Å². The third kappa shape index (κ3) is 5.26. The number of carbonyl (C=O) groups excluding carboxylic acids is 2. The Bertz CT molecular complexity index is 1150. The van der Waals surface area contributed by atoms with Crippen molar-refractivity contribution in [2.75, 3.05) is 14.2 Å². The van der Waals surface area contributed by atoms with Crippen molar-refractivity contribution in [3.8, 4) is 17.6 Å². The second-order valence-corrected chi connectivity index (χ2v) is 8.99. The predicted molar refractivity (Wildman–Crippen MR) is 126 cm³/mol. The number of hydrogen-bond donors (Lipinski definition) is 1. The van der Waals surface area contributed by atoms with E-state index in [1.54, 1.807) is 56.7 Å². The quantitative estimate of drug-likeness (QED) is 0.485. The first kappa shape index (κ1) is 24.1. The highest BCUT2D eigenvalue weighted by Crippen LogP contribution is 2.39. The molecule has 0 aliphatic rings. The number of fused-ring (bicyclic) bond motifs is 1. The van der Waals surface area contributed by atoms with E-state index in [4.69, 9.17) is 19.6 Å². The van der Waals surface area contributed by atoms with Crippen molar-refractivity contribution in [2.45, 2.75) is 38.5 Å². The lowest BCUT2D eigenvalue weighted by atomic mass is 9.79. The van der Waals surface area contributed by atoms with E-state index in [2.05, 4.69) is 11.5 Å². The topological polar surface area (TPSA) is 97.7 Å². The number of nitrogens with zero attached hydrogens (tertiary/aromatic N) is 1. The third-order valence-electron chi connectivity index (χ3n) is 5.44. The summed E-state index contributed by atoms with van der Waals surface area (Å²) < 4.78 is 11.8. The molecule has 1 heterocycles. The van der Waals surface area contributed by atoms with Crippen LogP contribution in [0.5, 0.6) is 11.5 Å². The van der Waals surface area contributed by atoms with E-state index in [9.17, 15) is 9.59 Å². The Balaban J connectivity index is 1.97. The van der Waals surface area contributed by atoms with Gasteiger partial charge < -0.3 is 14.3 Å². The van der Waals surface area contributed by atoms with Crippen LogP contribution >= 0.6 is 11.3 Å². The average Bonchev–Trinajstić information content (AvgIpc) is 3.22. The maximum Gasteiger partial charge on any atom is 0.342 e. The molecule has 0 spiro atoms. The van der Waals surface area contributed by atoms with Crippen LogP contribution in [-0.4, -0.2) is 26.1 Å². The Morgan fingerprint density at radius 2 is 1.76 bits per heavy atom. The van der Waals surface area contributed by atoms with Crippen LogP contribution in [-0.2, 0) is 26.3 Å². The van der Waals surface area contributed by atoms with E-state index < -0.39 is 11.4 Å². The normalized spacial score (nSPS) is 12.5. The lowest BCUT2D eigenvalue weighted by molar-refractivity contribution is -0.163. The van der Waals surface area contributed by atoms with Gasteiger partial charge in [0, 0.05) is 28.5 Å². The molecule has 0 fully saturated rings. The standard InChI is InChI=1S/C25H26N2O5S/c1-5-6-23(28)27-32-24(29)25(2,18-9-7-16(15-26)8-10-18)14-19-11-17-12-20(30-3)21(31-4)13-22(17)33-19/h7-13H,5-6,14H2,1-4H3,(H,27,28). The molecule has 0 aliphatic heterocycles. The molecule has 0 saturated heterocycles. The average molecular weight is 467 g/mol. The Kier molecular flexibility index (Phi) is 7.56. The molecule has 0 radical (unpaired) electrons. The summed E-state index contributed by atoms with van der Waals surface area (Å²) in [6.07, 6.45) is 1.25. The number of nitrogens with one attached hydrogen (secondary N) is 1.